The SMILES string of the molecule is CNC(=O)c1cccc2cc(C(c3cn(C(c4ccccc4)(c4ccccc4)c4ccccc4)cn3)C(C)CO)ccc12. The van der Waals surface area contributed by atoms with E-state index in [1.807, 2.05) is 55.7 Å². The summed E-state index contributed by atoms with van der Waals surface area (Å²) in [6.07, 6.45) is 4.05. The van der Waals surface area contributed by atoms with E-state index in [1.165, 1.54) is 0 Å². The summed E-state index contributed by atoms with van der Waals surface area (Å²) in [4.78, 5) is 17.5. The molecule has 2 atom stereocenters. The fraction of sp³-hybridized carbons (Fsp3) is 0.158. The van der Waals surface area contributed by atoms with Gasteiger partial charge >= 0.3 is 0 Å². The second kappa shape index (κ2) is 12.1. The van der Waals surface area contributed by atoms with Crippen molar-refractivity contribution in [3.8, 4) is 0 Å². The molecule has 0 aliphatic heterocycles. The number of benzene rings is 5. The van der Waals surface area contributed by atoms with Gasteiger partial charge in [-0.15, -0.1) is 0 Å². The number of hydrogen-bond acceptors (Lipinski definition) is 3. The molecule has 5 heteroatoms. The third-order valence-corrected chi connectivity index (χ3v) is 8.48. The van der Waals surface area contributed by atoms with E-state index in [-0.39, 0.29) is 24.3 Å². The smallest absolute Gasteiger partial charge is 0.251 e. The van der Waals surface area contributed by atoms with Crippen molar-refractivity contribution in [1.82, 2.24) is 14.9 Å². The monoisotopic (exact) mass is 565 g/mol. The van der Waals surface area contributed by atoms with Crippen LogP contribution in [0.5, 0.6) is 0 Å². The number of fused-ring (bicyclic) bond motifs is 1. The van der Waals surface area contributed by atoms with Crippen molar-refractivity contribution in [2.75, 3.05) is 13.7 Å². The van der Waals surface area contributed by atoms with Crippen LogP contribution in [0, 0.1) is 5.92 Å². The van der Waals surface area contributed by atoms with Gasteiger partial charge in [-0.05, 0) is 45.0 Å². The summed E-state index contributed by atoms with van der Waals surface area (Å²) in [5, 5.41) is 15.0. The minimum absolute atomic E-state index is 0.00897. The van der Waals surface area contributed by atoms with Crippen LogP contribution in [0.25, 0.3) is 10.8 Å². The third kappa shape index (κ3) is 5.02. The van der Waals surface area contributed by atoms with Gasteiger partial charge in [-0.25, -0.2) is 4.98 Å². The molecule has 0 bridgehead atoms. The lowest BCUT2D eigenvalue weighted by Crippen LogP contribution is -2.37. The zero-order valence-electron chi connectivity index (χ0n) is 24.4. The topological polar surface area (TPSA) is 67.2 Å². The first-order chi connectivity index (χ1) is 21.1. The van der Waals surface area contributed by atoms with Crippen molar-refractivity contribution in [1.29, 1.82) is 0 Å². The van der Waals surface area contributed by atoms with Gasteiger partial charge in [0.05, 0.1) is 12.0 Å². The van der Waals surface area contributed by atoms with Crippen LogP contribution in [-0.4, -0.2) is 34.2 Å². The number of nitrogens with zero attached hydrogens (tertiary/aromatic N) is 2. The highest BCUT2D eigenvalue weighted by molar-refractivity contribution is 6.07. The van der Waals surface area contributed by atoms with Crippen molar-refractivity contribution >= 4 is 16.7 Å². The normalized spacial score (nSPS) is 13.0. The van der Waals surface area contributed by atoms with Gasteiger partial charge in [0, 0.05) is 31.3 Å². The summed E-state index contributed by atoms with van der Waals surface area (Å²) in [5.41, 5.74) is 5.24. The second-order valence-corrected chi connectivity index (χ2v) is 11.0. The molecule has 0 spiro atoms. The lowest BCUT2D eigenvalue weighted by Gasteiger charge is -2.37. The van der Waals surface area contributed by atoms with Crippen LogP contribution >= 0.6 is 0 Å². The van der Waals surface area contributed by atoms with E-state index < -0.39 is 5.54 Å². The number of aliphatic hydroxyl groups excluding tert-OH is 1. The summed E-state index contributed by atoms with van der Waals surface area (Å²) in [6.45, 7) is 2.06. The predicted molar refractivity (Wildman–Crippen MR) is 172 cm³/mol. The molecule has 6 rings (SSSR count). The van der Waals surface area contributed by atoms with Gasteiger partial charge in [0.1, 0.15) is 5.54 Å². The molecule has 1 aromatic heterocycles. The van der Waals surface area contributed by atoms with Gasteiger partial charge in [-0.3, -0.25) is 4.79 Å². The molecule has 214 valence electrons. The first kappa shape index (κ1) is 28.1. The quantitative estimate of drug-likeness (QED) is 0.186. The van der Waals surface area contributed by atoms with Crippen molar-refractivity contribution in [3.63, 3.8) is 0 Å². The van der Waals surface area contributed by atoms with E-state index >= 15 is 0 Å². The standard InChI is InChI=1S/C38H35N3O2/c1-27(25-42)36(29-21-22-33-28(23-29)13-12-20-34(33)37(43)39-2)35-24-41(26-40-35)38(30-14-6-3-7-15-30,31-16-8-4-9-17-31)32-18-10-5-11-19-32/h3-24,26-27,36,42H,25H2,1-2H3,(H,39,43). The van der Waals surface area contributed by atoms with Crippen LogP contribution < -0.4 is 5.32 Å². The van der Waals surface area contributed by atoms with Gasteiger partial charge in [0.15, 0.2) is 0 Å². The van der Waals surface area contributed by atoms with Crippen LogP contribution in [0.1, 0.15) is 51.1 Å². The highest BCUT2D eigenvalue weighted by Gasteiger charge is 2.39. The Labute approximate surface area is 252 Å². The second-order valence-electron chi connectivity index (χ2n) is 11.0. The van der Waals surface area contributed by atoms with Crippen molar-refractivity contribution in [3.05, 3.63) is 173 Å². The van der Waals surface area contributed by atoms with Crippen molar-refractivity contribution in [2.45, 2.75) is 18.4 Å². The fourth-order valence-electron chi connectivity index (χ4n) is 6.39. The fourth-order valence-corrected chi connectivity index (χ4v) is 6.39. The number of nitrogens with one attached hydrogen (secondary N) is 1. The summed E-state index contributed by atoms with van der Waals surface area (Å²) in [6, 6.07) is 43.5. The molecule has 2 unspecified atom stereocenters. The Hall–Kier alpha value is -5.00. The average Bonchev–Trinajstić information content (AvgIpc) is 3.55. The molecule has 5 nitrogen and oxygen atoms in total. The van der Waals surface area contributed by atoms with Crippen LogP contribution in [0.2, 0.25) is 0 Å². The summed E-state index contributed by atoms with van der Waals surface area (Å²) < 4.78 is 2.21. The minimum atomic E-state index is -0.673. The lowest BCUT2D eigenvalue weighted by molar-refractivity contribution is 0.0964. The van der Waals surface area contributed by atoms with E-state index in [0.717, 1.165) is 38.7 Å². The number of amides is 1. The Morgan fingerprint density at radius 3 is 1.93 bits per heavy atom. The summed E-state index contributed by atoms with van der Waals surface area (Å²) in [7, 11) is 1.64. The Kier molecular flexibility index (Phi) is 7.91. The number of aromatic nitrogens is 2. The molecule has 0 saturated heterocycles. The molecule has 0 aliphatic carbocycles. The van der Waals surface area contributed by atoms with E-state index in [0.29, 0.717) is 5.56 Å². The zero-order valence-corrected chi connectivity index (χ0v) is 24.4. The number of aliphatic hydroxyl groups is 1. The van der Waals surface area contributed by atoms with Gasteiger partial charge in [0.25, 0.3) is 5.91 Å². The predicted octanol–water partition coefficient (Wildman–Crippen LogP) is 7.00. The number of rotatable bonds is 9. The first-order valence-corrected chi connectivity index (χ1v) is 14.6. The van der Waals surface area contributed by atoms with Crippen molar-refractivity contribution in [2.24, 2.45) is 5.92 Å². The number of imidazole rings is 1. The number of carbonyl (C=O) groups excluding carboxylic acids is 1. The first-order valence-electron chi connectivity index (χ1n) is 14.6. The molecule has 0 saturated carbocycles. The van der Waals surface area contributed by atoms with Gasteiger partial charge in [-0.1, -0.05) is 128 Å². The summed E-state index contributed by atoms with van der Waals surface area (Å²) >= 11 is 0. The molecule has 6 aromatic rings. The Morgan fingerprint density at radius 2 is 1.40 bits per heavy atom. The van der Waals surface area contributed by atoms with E-state index in [2.05, 4.69) is 101 Å². The average molecular weight is 566 g/mol. The van der Waals surface area contributed by atoms with E-state index in [4.69, 9.17) is 4.98 Å². The minimum Gasteiger partial charge on any atom is -0.396 e. The molecule has 43 heavy (non-hydrogen) atoms. The Bertz CT molecular complexity index is 1730. The molecule has 1 heterocycles. The Balaban J connectivity index is 1.55. The van der Waals surface area contributed by atoms with Crippen LogP contribution in [0.4, 0.5) is 0 Å². The number of hydrogen-bond donors (Lipinski definition) is 2. The van der Waals surface area contributed by atoms with Gasteiger partial charge < -0.3 is 15.0 Å². The maximum atomic E-state index is 12.5. The molecular weight excluding hydrogens is 530 g/mol. The molecule has 0 radical (unpaired) electrons. The van der Waals surface area contributed by atoms with Crippen LogP contribution in [0.3, 0.4) is 0 Å². The maximum absolute atomic E-state index is 12.5. The third-order valence-electron chi connectivity index (χ3n) is 8.48. The van der Waals surface area contributed by atoms with Gasteiger partial charge in [0.2, 0.25) is 0 Å². The molecule has 0 fully saturated rings. The maximum Gasteiger partial charge on any atom is 0.251 e. The molecule has 0 aliphatic rings. The van der Waals surface area contributed by atoms with E-state index in [9.17, 15) is 9.90 Å². The highest BCUT2D eigenvalue weighted by Crippen LogP contribution is 2.42. The molecular formula is C38H35N3O2. The molecule has 5 aromatic carbocycles. The Morgan fingerprint density at radius 1 is 0.814 bits per heavy atom. The number of carbonyl (C=O) groups is 1. The van der Waals surface area contributed by atoms with Crippen molar-refractivity contribution < 1.29 is 9.90 Å². The molecule has 1 amide bonds. The van der Waals surface area contributed by atoms with Crippen LogP contribution in [0.15, 0.2) is 140 Å². The largest absolute Gasteiger partial charge is 0.396 e. The molecule has 2 N–H and O–H groups in total. The summed E-state index contributed by atoms with van der Waals surface area (Å²) in [5.74, 6) is -0.377. The van der Waals surface area contributed by atoms with E-state index in [1.54, 1.807) is 7.05 Å². The highest BCUT2D eigenvalue weighted by atomic mass is 16.3. The van der Waals surface area contributed by atoms with Gasteiger partial charge in [-0.2, -0.15) is 0 Å². The zero-order chi connectivity index (χ0) is 29.8. The lowest BCUT2D eigenvalue weighted by atomic mass is 9.76. The van der Waals surface area contributed by atoms with Crippen LogP contribution in [-0.2, 0) is 5.54 Å².